The molecule has 1 amide bonds. The van der Waals surface area contributed by atoms with Crippen molar-refractivity contribution in [2.75, 3.05) is 6.54 Å². The Kier molecular flexibility index (Phi) is 6.54. The molecule has 4 aromatic rings. The van der Waals surface area contributed by atoms with Gasteiger partial charge in [-0.25, -0.2) is 4.98 Å². The molecule has 0 saturated carbocycles. The molecule has 34 heavy (non-hydrogen) atoms. The lowest BCUT2D eigenvalue weighted by Crippen LogP contribution is -2.30. The fourth-order valence-corrected chi connectivity index (χ4v) is 4.60. The summed E-state index contributed by atoms with van der Waals surface area (Å²) >= 11 is 0. The minimum Gasteiger partial charge on any atom is -0.348 e. The average molecular weight is 451 g/mol. The number of aryl methyl sites for hydroxylation is 1. The summed E-state index contributed by atoms with van der Waals surface area (Å²) in [6.45, 7) is 6.26. The lowest BCUT2D eigenvalue weighted by molar-refractivity contribution is 0.0951. The van der Waals surface area contributed by atoms with E-state index in [1.807, 2.05) is 37.4 Å². The van der Waals surface area contributed by atoms with Gasteiger partial charge in [-0.05, 0) is 53.3 Å². The predicted molar refractivity (Wildman–Crippen MR) is 134 cm³/mol. The molecule has 1 N–H and O–H groups in total. The Morgan fingerprint density at radius 2 is 1.71 bits per heavy atom. The van der Waals surface area contributed by atoms with Crippen molar-refractivity contribution in [2.24, 2.45) is 0 Å². The summed E-state index contributed by atoms with van der Waals surface area (Å²) in [7, 11) is 0. The quantitative estimate of drug-likeness (QED) is 0.443. The van der Waals surface area contributed by atoms with E-state index in [4.69, 9.17) is 0 Å². The highest BCUT2D eigenvalue weighted by Gasteiger charge is 2.16. The Morgan fingerprint density at radius 1 is 0.912 bits per heavy atom. The van der Waals surface area contributed by atoms with Crippen LogP contribution in [0.3, 0.4) is 0 Å². The second-order valence-electron chi connectivity index (χ2n) is 9.03. The molecule has 1 aromatic heterocycles. The molecule has 0 saturated heterocycles. The maximum atomic E-state index is 12.7. The van der Waals surface area contributed by atoms with Crippen molar-refractivity contribution in [1.82, 2.24) is 19.8 Å². The van der Waals surface area contributed by atoms with Gasteiger partial charge in [-0.3, -0.25) is 9.69 Å². The van der Waals surface area contributed by atoms with E-state index >= 15 is 0 Å². The molecule has 2 heterocycles. The number of fused-ring (bicyclic) bond motifs is 1. The fraction of sp³-hybridized carbons (Fsp3) is 0.241. The van der Waals surface area contributed by atoms with Crippen LogP contribution < -0.4 is 5.32 Å². The number of rotatable bonds is 7. The molecule has 0 radical (unpaired) electrons. The summed E-state index contributed by atoms with van der Waals surface area (Å²) in [5.74, 6) is 0.928. The van der Waals surface area contributed by atoms with Crippen LogP contribution in [0.15, 0.2) is 85.2 Å². The van der Waals surface area contributed by atoms with Crippen LogP contribution in [0.2, 0.25) is 0 Å². The smallest absolute Gasteiger partial charge is 0.251 e. The predicted octanol–water partition coefficient (Wildman–Crippen LogP) is 4.73. The molecule has 0 bridgehead atoms. The van der Waals surface area contributed by atoms with E-state index in [2.05, 4.69) is 68.3 Å². The highest BCUT2D eigenvalue weighted by Crippen LogP contribution is 2.20. The van der Waals surface area contributed by atoms with E-state index in [1.165, 1.54) is 16.7 Å². The molecular formula is C29H30N4O. The highest BCUT2D eigenvalue weighted by atomic mass is 16.1. The van der Waals surface area contributed by atoms with Crippen LogP contribution in [0.4, 0.5) is 0 Å². The zero-order chi connectivity index (χ0) is 23.3. The second-order valence-corrected chi connectivity index (χ2v) is 9.03. The maximum Gasteiger partial charge on any atom is 0.251 e. The molecule has 0 atom stereocenters. The van der Waals surface area contributed by atoms with E-state index in [1.54, 1.807) is 6.20 Å². The van der Waals surface area contributed by atoms with Crippen molar-refractivity contribution < 1.29 is 4.79 Å². The first-order valence-corrected chi connectivity index (χ1v) is 11.9. The normalized spacial score (nSPS) is 13.4. The first-order valence-electron chi connectivity index (χ1n) is 11.9. The Hall–Kier alpha value is -3.70. The number of imidazole rings is 1. The van der Waals surface area contributed by atoms with E-state index in [9.17, 15) is 4.79 Å². The summed E-state index contributed by atoms with van der Waals surface area (Å²) in [5.41, 5.74) is 7.13. The second kappa shape index (κ2) is 10.1. The number of amides is 1. The lowest BCUT2D eigenvalue weighted by atomic mass is 9.99. The van der Waals surface area contributed by atoms with Gasteiger partial charge in [0.15, 0.2) is 0 Å². The van der Waals surface area contributed by atoms with Crippen molar-refractivity contribution in [3.63, 3.8) is 0 Å². The molecule has 1 aliphatic heterocycles. The zero-order valence-electron chi connectivity index (χ0n) is 19.6. The summed E-state index contributed by atoms with van der Waals surface area (Å²) < 4.78 is 2.09. The van der Waals surface area contributed by atoms with Gasteiger partial charge in [0.05, 0.1) is 0 Å². The van der Waals surface area contributed by atoms with Gasteiger partial charge in [-0.15, -0.1) is 0 Å². The van der Waals surface area contributed by atoms with Crippen LogP contribution in [-0.4, -0.2) is 26.9 Å². The minimum atomic E-state index is -0.0524. The monoisotopic (exact) mass is 450 g/mol. The van der Waals surface area contributed by atoms with Crippen LogP contribution in [0.1, 0.15) is 44.0 Å². The summed E-state index contributed by atoms with van der Waals surface area (Å²) in [6, 6.07) is 25.1. The van der Waals surface area contributed by atoms with Gasteiger partial charge in [0, 0.05) is 50.7 Å². The van der Waals surface area contributed by atoms with E-state index in [0.29, 0.717) is 12.1 Å². The minimum absolute atomic E-state index is 0.0524. The number of hydrogen-bond donors (Lipinski definition) is 1. The summed E-state index contributed by atoms with van der Waals surface area (Å²) in [4.78, 5) is 19.4. The molecule has 0 fully saturated rings. The third-order valence-corrected chi connectivity index (χ3v) is 6.55. The van der Waals surface area contributed by atoms with Gasteiger partial charge in [0.2, 0.25) is 0 Å². The van der Waals surface area contributed by atoms with Gasteiger partial charge < -0.3 is 9.88 Å². The molecule has 5 nitrogen and oxygen atoms in total. The summed E-state index contributed by atoms with van der Waals surface area (Å²) in [5, 5.41) is 3.07. The number of nitrogens with one attached hydrogen (secondary N) is 1. The molecule has 172 valence electrons. The maximum absolute atomic E-state index is 12.7. The molecule has 0 unspecified atom stereocenters. The number of nitrogens with zero attached hydrogens (tertiary/aromatic N) is 3. The fourth-order valence-electron chi connectivity index (χ4n) is 4.60. The van der Waals surface area contributed by atoms with Gasteiger partial charge in [0.1, 0.15) is 5.82 Å². The standard InChI is InChI=1S/C29H30N4O/c1-22-30-14-16-33(22)20-23-9-11-27(12-10-23)29(34)31-18-24-5-4-6-25(17-24)19-32-15-13-26-7-2-3-8-28(26)21-32/h2-12,14,16-17H,13,15,18-21H2,1H3,(H,31,34). The van der Waals surface area contributed by atoms with Gasteiger partial charge in [-0.1, -0.05) is 60.7 Å². The molecule has 5 heteroatoms. The molecule has 0 spiro atoms. The number of hydrogen-bond acceptors (Lipinski definition) is 3. The van der Waals surface area contributed by atoms with Crippen molar-refractivity contribution in [2.45, 2.75) is 39.5 Å². The van der Waals surface area contributed by atoms with Crippen LogP contribution in [-0.2, 0) is 32.6 Å². The van der Waals surface area contributed by atoms with Crippen LogP contribution in [0, 0.1) is 6.92 Å². The zero-order valence-corrected chi connectivity index (χ0v) is 19.6. The van der Waals surface area contributed by atoms with Gasteiger partial charge in [-0.2, -0.15) is 0 Å². The molecule has 1 aliphatic rings. The molecule has 3 aromatic carbocycles. The highest BCUT2D eigenvalue weighted by molar-refractivity contribution is 5.94. The largest absolute Gasteiger partial charge is 0.348 e. The SMILES string of the molecule is Cc1nccn1Cc1ccc(C(=O)NCc2cccc(CN3CCc4ccccc4C3)c2)cc1. The van der Waals surface area contributed by atoms with Crippen molar-refractivity contribution in [3.05, 3.63) is 124 Å². The Labute approximate surface area is 201 Å². The first-order chi connectivity index (χ1) is 16.6. The third kappa shape index (κ3) is 5.26. The Balaban J connectivity index is 1.15. The Bertz CT molecular complexity index is 1280. The Morgan fingerprint density at radius 3 is 2.50 bits per heavy atom. The number of aromatic nitrogens is 2. The van der Waals surface area contributed by atoms with Crippen molar-refractivity contribution in [3.8, 4) is 0 Å². The number of carbonyl (C=O) groups is 1. The van der Waals surface area contributed by atoms with E-state index < -0.39 is 0 Å². The van der Waals surface area contributed by atoms with Crippen molar-refractivity contribution in [1.29, 1.82) is 0 Å². The summed E-state index contributed by atoms with van der Waals surface area (Å²) in [6.07, 6.45) is 4.87. The van der Waals surface area contributed by atoms with Gasteiger partial charge in [0.25, 0.3) is 5.91 Å². The molecule has 5 rings (SSSR count). The first kappa shape index (κ1) is 22.1. The number of carbonyl (C=O) groups excluding carboxylic acids is 1. The van der Waals surface area contributed by atoms with Crippen LogP contribution in [0.5, 0.6) is 0 Å². The molecular weight excluding hydrogens is 420 g/mol. The lowest BCUT2D eigenvalue weighted by Gasteiger charge is -2.28. The van der Waals surface area contributed by atoms with Gasteiger partial charge >= 0.3 is 0 Å². The molecule has 0 aliphatic carbocycles. The third-order valence-electron chi connectivity index (χ3n) is 6.55. The van der Waals surface area contributed by atoms with E-state index in [0.717, 1.165) is 49.6 Å². The van der Waals surface area contributed by atoms with Crippen LogP contribution in [0.25, 0.3) is 0 Å². The average Bonchev–Trinajstić information content (AvgIpc) is 3.27. The van der Waals surface area contributed by atoms with E-state index in [-0.39, 0.29) is 5.91 Å². The topological polar surface area (TPSA) is 50.2 Å². The van der Waals surface area contributed by atoms with Crippen LogP contribution >= 0.6 is 0 Å². The number of benzene rings is 3. The van der Waals surface area contributed by atoms with Crippen molar-refractivity contribution >= 4 is 5.91 Å².